The van der Waals surface area contributed by atoms with Crippen molar-refractivity contribution in [1.82, 2.24) is 20.2 Å². The van der Waals surface area contributed by atoms with Crippen molar-refractivity contribution in [1.29, 1.82) is 0 Å². The van der Waals surface area contributed by atoms with Crippen molar-refractivity contribution in [2.24, 2.45) is 0 Å². The Labute approximate surface area is 154 Å². The van der Waals surface area contributed by atoms with E-state index >= 15 is 0 Å². The minimum absolute atomic E-state index is 0.345. The number of nitrogens with zero attached hydrogens (tertiary/aromatic N) is 4. The molecule has 4 rings (SSSR count). The lowest BCUT2D eigenvalue weighted by molar-refractivity contribution is 0.305. The molecule has 2 aromatic heterocycles. The Morgan fingerprint density at radius 3 is 2.58 bits per heavy atom. The number of aromatic nitrogens is 4. The van der Waals surface area contributed by atoms with Crippen LogP contribution in [0, 0.1) is 6.92 Å². The van der Waals surface area contributed by atoms with Gasteiger partial charge >= 0.3 is 6.01 Å². The molecule has 2 heterocycles. The first-order valence-electron chi connectivity index (χ1n) is 8.04. The molecule has 26 heavy (non-hydrogen) atoms. The third-order valence-electron chi connectivity index (χ3n) is 3.89. The van der Waals surface area contributed by atoms with Gasteiger partial charge < -0.3 is 9.47 Å². The standard InChI is InChI=1S/C19H16N4O2S/c1-12-22-23-18(26-12)11-25-15-7-13-5-3-4-6-16(13)17(8-15)14-9-20-19(24-2)21-10-14/h3-10H,11H2,1-2H3. The van der Waals surface area contributed by atoms with E-state index in [1.807, 2.05) is 31.2 Å². The molecule has 0 bridgehead atoms. The minimum atomic E-state index is 0.345. The smallest absolute Gasteiger partial charge is 0.316 e. The third-order valence-corrected chi connectivity index (χ3v) is 4.70. The first-order chi connectivity index (χ1) is 12.7. The van der Waals surface area contributed by atoms with E-state index in [0.717, 1.165) is 37.7 Å². The number of fused-ring (bicyclic) bond motifs is 1. The molecule has 0 aliphatic heterocycles. The Balaban J connectivity index is 1.72. The number of methoxy groups -OCH3 is 1. The van der Waals surface area contributed by atoms with Gasteiger partial charge in [-0.05, 0) is 35.4 Å². The summed E-state index contributed by atoms with van der Waals surface area (Å²) >= 11 is 1.53. The Morgan fingerprint density at radius 2 is 1.85 bits per heavy atom. The van der Waals surface area contributed by atoms with Crippen LogP contribution in [0.1, 0.15) is 10.0 Å². The Morgan fingerprint density at radius 1 is 1.04 bits per heavy atom. The summed E-state index contributed by atoms with van der Waals surface area (Å²) < 4.78 is 11.0. The molecule has 0 amide bonds. The summed E-state index contributed by atoms with van der Waals surface area (Å²) in [5.41, 5.74) is 1.91. The molecule has 7 heteroatoms. The number of rotatable bonds is 5. The fourth-order valence-corrected chi connectivity index (χ4v) is 3.33. The van der Waals surface area contributed by atoms with Crippen LogP contribution in [0.25, 0.3) is 21.9 Å². The molecule has 0 unspecified atom stereocenters. The molecule has 0 radical (unpaired) electrons. The van der Waals surface area contributed by atoms with Gasteiger partial charge in [0.15, 0.2) is 5.01 Å². The fourth-order valence-electron chi connectivity index (χ4n) is 2.71. The van der Waals surface area contributed by atoms with Crippen molar-refractivity contribution in [2.45, 2.75) is 13.5 Å². The van der Waals surface area contributed by atoms with Crippen molar-refractivity contribution >= 4 is 22.1 Å². The lowest BCUT2D eigenvalue weighted by Crippen LogP contribution is -1.96. The predicted molar refractivity (Wildman–Crippen MR) is 101 cm³/mol. The van der Waals surface area contributed by atoms with E-state index in [2.05, 4.69) is 32.3 Å². The van der Waals surface area contributed by atoms with E-state index in [-0.39, 0.29) is 0 Å². The molecular formula is C19H16N4O2S. The number of ether oxygens (including phenoxy) is 2. The summed E-state index contributed by atoms with van der Waals surface area (Å²) in [5.74, 6) is 0.766. The summed E-state index contributed by atoms with van der Waals surface area (Å²) in [6, 6.07) is 12.5. The highest BCUT2D eigenvalue weighted by molar-refractivity contribution is 7.11. The van der Waals surface area contributed by atoms with E-state index in [1.54, 1.807) is 19.5 Å². The van der Waals surface area contributed by atoms with Gasteiger partial charge in [-0.2, -0.15) is 0 Å². The van der Waals surface area contributed by atoms with Crippen LogP contribution in [0.2, 0.25) is 0 Å². The highest BCUT2D eigenvalue weighted by Crippen LogP contribution is 2.33. The second-order valence-corrected chi connectivity index (χ2v) is 6.92. The van der Waals surface area contributed by atoms with E-state index < -0.39 is 0 Å². The van der Waals surface area contributed by atoms with E-state index in [0.29, 0.717) is 12.6 Å². The third kappa shape index (κ3) is 3.34. The molecular weight excluding hydrogens is 348 g/mol. The van der Waals surface area contributed by atoms with Gasteiger partial charge in [-0.3, -0.25) is 0 Å². The molecule has 0 aliphatic carbocycles. The summed E-state index contributed by atoms with van der Waals surface area (Å²) in [7, 11) is 1.55. The second-order valence-electron chi connectivity index (χ2n) is 5.65. The van der Waals surface area contributed by atoms with Crippen LogP contribution in [-0.2, 0) is 6.61 Å². The van der Waals surface area contributed by atoms with Crippen molar-refractivity contribution in [3.63, 3.8) is 0 Å². The maximum Gasteiger partial charge on any atom is 0.316 e. The van der Waals surface area contributed by atoms with Gasteiger partial charge in [0.1, 0.15) is 17.4 Å². The highest BCUT2D eigenvalue weighted by atomic mass is 32.1. The fraction of sp³-hybridized carbons (Fsp3) is 0.158. The molecule has 4 aromatic rings. The Kier molecular flexibility index (Phi) is 4.45. The molecule has 0 N–H and O–H groups in total. The zero-order chi connectivity index (χ0) is 17.9. The average Bonchev–Trinajstić information content (AvgIpc) is 3.11. The maximum absolute atomic E-state index is 5.96. The van der Waals surface area contributed by atoms with Gasteiger partial charge in [0, 0.05) is 18.0 Å². The summed E-state index contributed by atoms with van der Waals surface area (Å²) in [4.78, 5) is 8.43. The van der Waals surface area contributed by atoms with Crippen LogP contribution in [0.3, 0.4) is 0 Å². The number of hydrogen-bond acceptors (Lipinski definition) is 7. The molecule has 0 fully saturated rings. The van der Waals surface area contributed by atoms with E-state index in [1.165, 1.54) is 11.3 Å². The summed E-state index contributed by atoms with van der Waals surface area (Å²) in [5, 5.41) is 12.1. The lowest BCUT2D eigenvalue weighted by Gasteiger charge is -2.11. The van der Waals surface area contributed by atoms with E-state index in [4.69, 9.17) is 9.47 Å². The van der Waals surface area contributed by atoms with Gasteiger partial charge in [0.25, 0.3) is 0 Å². The van der Waals surface area contributed by atoms with Crippen LogP contribution in [0.5, 0.6) is 11.8 Å². The monoisotopic (exact) mass is 364 g/mol. The highest BCUT2D eigenvalue weighted by Gasteiger charge is 2.10. The van der Waals surface area contributed by atoms with Gasteiger partial charge in [0.05, 0.1) is 7.11 Å². The van der Waals surface area contributed by atoms with Crippen molar-refractivity contribution < 1.29 is 9.47 Å². The average molecular weight is 364 g/mol. The molecule has 0 saturated carbocycles. The maximum atomic E-state index is 5.96. The van der Waals surface area contributed by atoms with Crippen LogP contribution in [0.4, 0.5) is 0 Å². The number of aryl methyl sites for hydroxylation is 1. The van der Waals surface area contributed by atoms with E-state index in [9.17, 15) is 0 Å². The largest absolute Gasteiger partial charge is 0.486 e. The normalized spacial score (nSPS) is 10.8. The van der Waals surface area contributed by atoms with Gasteiger partial charge in [-0.15, -0.1) is 10.2 Å². The van der Waals surface area contributed by atoms with Crippen LogP contribution >= 0.6 is 11.3 Å². The van der Waals surface area contributed by atoms with Gasteiger partial charge in [-0.1, -0.05) is 35.6 Å². The molecule has 0 atom stereocenters. The SMILES string of the molecule is COc1ncc(-c2cc(OCc3nnc(C)s3)cc3ccccc23)cn1. The van der Waals surface area contributed by atoms with Crippen LogP contribution < -0.4 is 9.47 Å². The van der Waals surface area contributed by atoms with Gasteiger partial charge in [-0.25, -0.2) is 9.97 Å². The molecule has 0 saturated heterocycles. The quantitative estimate of drug-likeness (QED) is 0.532. The lowest BCUT2D eigenvalue weighted by atomic mass is 10.00. The second kappa shape index (κ2) is 7.05. The minimum Gasteiger partial charge on any atom is -0.486 e. The predicted octanol–water partition coefficient (Wildman–Crippen LogP) is 4.04. The zero-order valence-corrected chi connectivity index (χ0v) is 15.2. The van der Waals surface area contributed by atoms with Crippen LogP contribution in [-0.4, -0.2) is 27.3 Å². The van der Waals surface area contributed by atoms with Crippen molar-refractivity contribution in [3.8, 4) is 22.9 Å². The molecule has 2 aromatic carbocycles. The summed E-state index contributed by atoms with van der Waals surface area (Å²) in [6.45, 7) is 2.32. The molecule has 130 valence electrons. The number of benzene rings is 2. The Hall–Kier alpha value is -3.06. The topological polar surface area (TPSA) is 70.0 Å². The first-order valence-corrected chi connectivity index (χ1v) is 8.85. The molecule has 6 nitrogen and oxygen atoms in total. The first kappa shape index (κ1) is 16.4. The summed E-state index contributed by atoms with van der Waals surface area (Å²) in [6.07, 6.45) is 3.51. The zero-order valence-electron chi connectivity index (χ0n) is 14.3. The number of hydrogen-bond donors (Lipinski definition) is 0. The molecule has 0 spiro atoms. The van der Waals surface area contributed by atoms with Crippen molar-refractivity contribution in [2.75, 3.05) is 7.11 Å². The Bertz CT molecular complexity index is 1050. The molecule has 0 aliphatic rings. The van der Waals surface area contributed by atoms with Crippen LogP contribution in [0.15, 0.2) is 48.8 Å². The van der Waals surface area contributed by atoms with Crippen molar-refractivity contribution in [3.05, 3.63) is 58.8 Å². The van der Waals surface area contributed by atoms with Gasteiger partial charge in [0.2, 0.25) is 0 Å².